The molecule has 0 aliphatic rings. The van der Waals surface area contributed by atoms with E-state index in [4.69, 9.17) is 0 Å². The monoisotopic (exact) mass is 321 g/mol. The Labute approximate surface area is 123 Å². The molecular weight excluding hydrogens is 302 g/mol. The van der Waals surface area contributed by atoms with E-state index in [0.29, 0.717) is 0 Å². The van der Waals surface area contributed by atoms with Crippen LogP contribution in [0.2, 0.25) is 0 Å². The topological polar surface area (TPSA) is 29.9 Å². The molecule has 0 aliphatic heterocycles. The van der Waals surface area contributed by atoms with E-state index in [2.05, 4.69) is 62.8 Å². The first-order valence-corrected chi connectivity index (χ1v) is 7.39. The fourth-order valence-corrected chi connectivity index (χ4v) is 2.72. The van der Waals surface area contributed by atoms with Crippen LogP contribution in [0.15, 0.2) is 35.1 Å². The van der Waals surface area contributed by atoms with Crippen molar-refractivity contribution in [3.8, 4) is 0 Å². The summed E-state index contributed by atoms with van der Waals surface area (Å²) in [5.41, 5.74) is 2.55. The minimum absolute atomic E-state index is 0.146. The quantitative estimate of drug-likeness (QED) is 0.912. The summed E-state index contributed by atoms with van der Waals surface area (Å²) in [5.74, 6) is 1.05. The number of benzene rings is 1. The summed E-state index contributed by atoms with van der Waals surface area (Å²) in [6, 6.07) is 6.56. The fraction of sp³-hybridized carbons (Fsp3) is 0.400. The fourth-order valence-electron chi connectivity index (χ4n) is 2.25. The molecule has 0 bridgehead atoms. The molecule has 1 N–H and O–H groups in total. The zero-order valence-corrected chi connectivity index (χ0v) is 13.2. The Bertz CT molecular complexity index is 548. The van der Waals surface area contributed by atoms with Crippen molar-refractivity contribution in [3.63, 3.8) is 0 Å². The number of halogens is 1. The van der Waals surface area contributed by atoms with Crippen LogP contribution in [0.5, 0.6) is 0 Å². The van der Waals surface area contributed by atoms with E-state index >= 15 is 0 Å². The van der Waals surface area contributed by atoms with E-state index in [1.54, 1.807) is 0 Å². The molecular formula is C15H20BrN3. The maximum absolute atomic E-state index is 4.50. The van der Waals surface area contributed by atoms with Gasteiger partial charge in [-0.15, -0.1) is 0 Å². The molecule has 0 fully saturated rings. The SMILES string of the molecule is CCCNC(c1ccc(Br)cc1C)c1nccn1C. The van der Waals surface area contributed by atoms with Gasteiger partial charge in [-0.05, 0) is 43.1 Å². The zero-order valence-electron chi connectivity index (χ0n) is 11.7. The smallest absolute Gasteiger partial charge is 0.130 e. The molecule has 1 heterocycles. The molecule has 1 aromatic carbocycles. The van der Waals surface area contributed by atoms with Gasteiger partial charge in [-0.2, -0.15) is 0 Å². The van der Waals surface area contributed by atoms with Gasteiger partial charge in [-0.3, -0.25) is 0 Å². The second-order valence-electron chi connectivity index (χ2n) is 4.78. The Morgan fingerprint density at radius 1 is 1.42 bits per heavy atom. The molecule has 0 saturated heterocycles. The van der Waals surface area contributed by atoms with Gasteiger partial charge >= 0.3 is 0 Å². The lowest BCUT2D eigenvalue weighted by atomic mass is 10.0. The summed E-state index contributed by atoms with van der Waals surface area (Å²) >= 11 is 3.52. The van der Waals surface area contributed by atoms with Gasteiger partial charge in [0.2, 0.25) is 0 Å². The molecule has 2 rings (SSSR count). The Kier molecular flexibility index (Phi) is 4.77. The molecule has 0 spiro atoms. The van der Waals surface area contributed by atoms with Crippen LogP contribution < -0.4 is 5.32 Å². The van der Waals surface area contributed by atoms with E-state index in [-0.39, 0.29) is 6.04 Å². The normalized spacial score (nSPS) is 12.6. The number of nitrogens with zero attached hydrogens (tertiary/aromatic N) is 2. The van der Waals surface area contributed by atoms with Gasteiger partial charge in [0.15, 0.2) is 0 Å². The van der Waals surface area contributed by atoms with Gasteiger partial charge in [0.1, 0.15) is 5.82 Å². The third-order valence-electron chi connectivity index (χ3n) is 3.26. The maximum Gasteiger partial charge on any atom is 0.130 e. The number of imidazole rings is 1. The average Bonchev–Trinajstić information content (AvgIpc) is 2.78. The third-order valence-corrected chi connectivity index (χ3v) is 3.75. The Morgan fingerprint density at radius 2 is 2.21 bits per heavy atom. The van der Waals surface area contributed by atoms with Crippen molar-refractivity contribution >= 4 is 15.9 Å². The molecule has 1 atom stereocenters. The lowest BCUT2D eigenvalue weighted by Gasteiger charge is -2.21. The van der Waals surface area contributed by atoms with Crippen LogP contribution in [0.3, 0.4) is 0 Å². The molecule has 19 heavy (non-hydrogen) atoms. The van der Waals surface area contributed by atoms with E-state index in [1.807, 2.05) is 19.4 Å². The number of aryl methyl sites for hydroxylation is 2. The summed E-state index contributed by atoms with van der Waals surface area (Å²) in [7, 11) is 2.04. The van der Waals surface area contributed by atoms with Crippen LogP contribution >= 0.6 is 15.9 Å². The highest BCUT2D eigenvalue weighted by Crippen LogP contribution is 2.26. The van der Waals surface area contributed by atoms with Crippen LogP contribution in [-0.4, -0.2) is 16.1 Å². The summed E-state index contributed by atoms with van der Waals surface area (Å²) in [6.45, 7) is 5.30. The number of nitrogens with one attached hydrogen (secondary N) is 1. The van der Waals surface area contributed by atoms with Gasteiger partial charge in [0, 0.05) is 23.9 Å². The highest BCUT2D eigenvalue weighted by atomic mass is 79.9. The average molecular weight is 322 g/mol. The second kappa shape index (κ2) is 6.35. The Morgan fingerprint density at radius 3 is 2.79 bits per heavy atom. The largest absolute Gasteiger partial charge is 0.336 e. The first kappa shape index (κ1) is 14.3. The maximum atomic E-state index is 4.50. The second-order valence-corrected chi connectivity index (χ2v) is 5.70. The molecule has 0 amide bonds. The molecule has 0 aliphatic carbocycles. The van der Waals surface area contributed by atoms with Crippen molar-refractivity contribution in [2.24, 2.45) is 7.05 Å². The van der Waals surface area contributed by atoms with Crippen LogP contribution in [0, 0.1) is 6.92 Å². The van der Waals surface area contributed by atoms with Crippen molar-refractivity contribution in [1.82, 2.24) is 14.9 Å². The summed E-state index contributed by atoms with van der Waals surface area (Å²) < 4.78 is 3.19. The van der Waals surface area contributed by atoms with Crippen molar-refractivity contribution in [3.05, 3.63) is 52.0 Å². The van der Waals surface area contributed by atoms with Gasteiger partial charge in [-0.1, -0.05) is 28.9 Å². The third kappa shape index (κ3) is 3.25. The Hall–Kier alpha value is -1.13. The molecule has 1 aromatic heterocycles. The van der Waals surface area contributed by atoms with E-state index in [0.717, 1.165) is 23.3 Å². The summed E-state index contributed by atoms with van der Waals surface area (Å²) in [4.78, 5) is 4.50. The van der Waals surface area contributed by atoms with Gasteiger partial charge in [0.05, 0.1) is 6.04 Å². The number of rotatable bonds is 5. The zero-order chi connectivity index (χ0) is 13.8. The van der Waals surface area contributed by atoms with E-state index in [1.165, 1.54) is 11.1 Å². The lowest BCUT2D eigenvalue weighted by molar-refractivity contribution is 0.553. The number of hydrogen-bond acceptors (Lipinski definition) is 2. The van der Waals surface area contributed by atoms with Crippen molar-refractivity contribution in [2.45, 2.75) is 26.3 Å². The van der Waals surface area contributed by atoms with Gasteiger partial charge in [-0.25, -0.2) is 4.98 Å². The van der Waals surface area contributed by atoms with Crippen molar-refractivity contribution < 1.29 is 0 Å². The van der Waals surface area contributed by atoms with Gasteiger partial charge < -0.3 is 9.88 Å². The first-order chi connectivity index (χ1) is 9.13. The van der Waals surface area contributed by atoms with Crippen LogP contribution in [-0.2, 0) is 7.05 Å². The summed E-state index contributed by atoms with van der Waals surface area (Å²) in [6.07, 6.45) is 4.95. The van der Waals surface area contributed by atoms with Crippen molar-refractivity contribution in [1.29, 1.82) is 0 Å². The minimum Gasteiger partial charge on any atom is -0.336 e. The standard InChI is InChI=1S/C15H20BrN3/c1-4-7-17-14(15-18-8-9-19(15)3)13-6-5-12(16)10-11(13)2/h5-6,8-10,14,17H,4,7H2,1-3H3. The van der Waals surface area contributed by atoms with E-state index < -0.39 is 0 Å². The van der Waals surface area contributed by atoms with Crippen LogP contribution in [0.1, 0.15) is 36.3 Å². The number of hydrogen-bond donors (Lipinski definition) is 1. The first-order valence-electron chi connectivity index (χ1n) is 6.60. The van der Waals surface area contributed by atoms with Crippen molar-refractivity contribution in [2.75, 3.05) is 6.54 Å². The molecule has 3 nitrogen and oxygen atoms in total. The lowest BCUT2D eigenvalue weighted by Crippen LogP contribution is -2.26. The molecule has 0 radical (unpaired) electrons. The predicted molar refractivity (Wildman–Crippen MR) is 82.2 cm³/mol. The minimum atomic E-state index is 0.146. The summed E-state index contributed by atoms with van der Waals surface area (Å²) in [5, 5.41) is 3.59. The number of aromatic nitrogens is 2. The molecule has 2 aromatic rings. The van der Waals surface area contributed by atoms with Gasteiger partial charge in [0.25, 0.3) is 0 Å². The molecule has 0 saturated carbocycles. The highest BCUT2D eigenvalue weighted by Gasteiger charge is 2.19. The molecule has 4 heteroatoms. The highest BCUT2D eigenvalue weighted by molar-refractivity contribution is 9.10. The predicted octanol–water partition coefficient (Wildman–Crippen LogP) is 3.58. The molecule has 102 valence electrons. The Balaban J connectivity index is 2.40. The van der Waals surface area contributed by atoms with Crippen LogP contribution in [0.4, 0.5) is 0 Å². The van der Waals surface area contributed by atoms with Crippen LogP contribution in [0.25, 0.3) is 0 Å². The molecule has 1 unspecified atom stereocenters. The van der Waals surface area contributed by atoms with E-state index in [9.17, 15) is 0 Å².